The highest BCUT2D eigenvalue weighted by Crippen LogP contribution is 2.20. The normalized spacial score (nSPS) is 11.5. The van der Waals surface area contributed by atoms with E-state index >= 15 is 0 Å². The molecule has 0 aromatic heterocycles. The number of amides is 2. The molecule has 0 saturated heterocycles. The maximum Gasteiger partial charge on any atom is 0.270 e. The molecule has 26 heavy (non-hydrogen) atoms. The first-order valence-corrected chi connectivity index (χ1v) is 8.30. The van der Waals surface area contributed by atoms with Gasteiger partial charge in [-0.3, -0.25) is 19.7 Å². The van der Waals surface area contributed by atoms with Crippen molar-refractivity contribution in [3.63, 3.8) is 0 Å². The van der Waals surface area contributed by atoms with E-state index in [4.69, 9.17) is 23.2 Å². The van der Waals surface area contributed by atoms with Gasteiger partial charge in [0.2, 0.25) is 5.91 Å². The SMILES string of the molecule is CC(NC(=O)c1cccc([N+](=O)[O-])c1)C(=O)NCc1ccc(Cl)cc1Cl. The smallest absolute Gasteiger partial charge is 0.270 e. The van der Waals surface area contributed by atoms with Gasteiger partial charge < -0.3 is 10.6 Å². The zero-order valence-electron chi connectivity index (χ0n) is 13.7. The molecule has 9 heteroatoms. The first-order chi connectivity index (χ1) is 12.3. The average molecular weight is 396 g/mol. The second-order valence-electron chi connectivity index (χ2n) is 5.46. The van der Waals surface area contributed by atoms with Crippen LogP contribution in [0.25, 0.3) is 0 Å². The highest BCUT2D eigenvalue weighted by atomic mass is 35.5. The van der Waals surface area contributed by atoms with Crippen molar-refractivity contribution in [3.05, 3.63) is 73.8 Å². The van der Waals surface area contributed by atoms with E-state index < -0.39 is 22.8 Å². The first-order valence-electron chi connectivity index (χ1n) is 7.55. The summed E-state index contributed by atoms with van der Waals surface area (Å²) >= 11 is 11.9. The van der Waals surface area contributed by atoms with E-state index in [1.165, 1.54) is 25.1 Å². The molecular weight excluding hydrogens is 381 g/mol. The molecule has 2 aromatic carbocycles. The Bertz CT molecular complexity index is 858. The van der Waals surface area contributed by atoms with E-state index in [0.29, 0.717) is 15.6 Å². The molecule has 2 rings (SSSR count). The first kappa shape index (κ1) is 19.7. The second-order valence-corrected chi connectivity index (χ2v) is 6.30. The van der Waals surface area contributed by atoms with Crippen LogP contribution in [0.3, 0.4) is 0 Å². The molecule has 0 bridgehead atoms. The van der Waals surface area contributed by atoms with Gasteiger partial charge in [0, 0.05) is 34.3 Å². The van der Waals surface area contributed by atoms with Crippen molar-refractivity contribution >= 4 is 40.7 Å². The average Bonchev–Trinajstić information content (AvgIpc) is 2.60. The van der Waals surface area contributed by atoms with Crippen molar-refractivity contribution in [1.29, 1.82) is 0 Å². The summed E-state index contributed by atoms with van der Waals surface area (Å²) in [5.41, 5.74) is 0.577. The lowest BCUT2D eigenvalue weighted by molar-refractivity contribution is -0.384. The third-order valence-electron chi connectivity index (χ3n) is 3.53. The van der Waals surface area contributed by atoms with Crippen LogP contribution in [-0.2, 0) is 11.3 Å². The van der Waals surface area contributed by atoms with E-state index in [1.54, 1.807) is 18.2 Å². The molecule has 1 atom stereocenters. The van der Waals surface area contributed by atoms with Crippen LogP contribution >= 0.6 is 23.2 Å². The maximum absolute atomic E-state index is 12.2. The van der Waals surface area contributed by atoms with Gasteiger partial charge in [0.1, 0.15) is 6.04 Å². The summed E-state index contributed by atoms with van der Waals surface area (Å²) in [5, 5.41) is 16.8. The molecule has 0 aliphatic heterocycles. The summed E-state index contributed by atoms with van der Waals surface area (Å²) in [6, 6.07) is 9.34. The van der Waals surface area contributed by atoms with Gasteiger partial charge in [-0.1, -0.05) is 35.3 Å². The Balaban J connectivity index is 1.94. The molecule has 2 amide bonds. The van der Waals surface area contributed by atoms with Crippen LogP contribution in [0.4, 0.5) is 5.69 Å². The fourth-order valence-electron chi connectivity index (χ4n) is 2.11. The standard InChI is InChI=1S/C17H15Cl2N3O4/c1-10(16(23)20-9-12-5-6-13(18)8-15(12)19)21-17(24)11-3-2-4-14(7-11)22(25)26/h2-8,10H,9H2,1H3,(H,20,23)(H,21,24). The van der Waals surface area contributed by atoms with Crippen LogP contribution in [0.2, 0.25) is 10.0 Å². The van der Waals surface area contributed by atoms with Gasteiger partial charge in [0.05, 0.1) is 4.92 Å². The number of nitrogens with zero attached hydrogens (tertiary/aromatic N) is 1. The minimum Gasteiger partial charge on any atom is -0.350 e. The van der Waals surface area contributed by atoms with Crippen LogP contribution in [0, 0.1) is 10.1 Å². The molecular formula is C17H15Cl2N3O4. The molecule has 0 radical (unpaired) electrons. The van der Waals surface area contributed by atoms with Crippen LogP contribution in [0.5, 0.6) is 0 Å². The van der Waals surface area contributed by atoms with E-state index in [1.807, 2.05) is 0 Å². The van der Waals surface area contributed by atoms with Crippen LogP contribution in [0.1, 0.15) is 22.8 Å². The third-order valence-corrected chi connectivity index (χ3v) is 4.12. The largest absolute Gasteiger partial charge is 0.350 e. The van der Waals surface area contributed by atoms with E-state index in [-0.39, 0.29) is 17.8 Å². The number of non-ortho nitro benzene ring substituents is 1. The number of halogens is 2. The number of nitro groups is 1. The Hall–Kier alpha value is -2.64. The van der Waals surface area contributed by atoms with Gasteiger partial charge in [-0.2, -0.15) is 0 Å². The Morgan fingerprint density at radius 2 is 1.92 bits per heavy atom. The minimum atomic E-state index is -0.840. The molecule has 2 N–H and O–H groups in total. The van der Waals surface area contributed by atoms with Crippen molar-refractivity contribution < 1.29 is 14.5 Å². The molecule has 0 spiro atoms. The topological polar surface area (TPSA) is 101 Å². The molecule has 0 fully saturated rings. The fourth-order valence-corrected chi connectivity index (χ4v) is 2.58. The summed E-state index contributed by atoms with van der Waals surface area (Å²) < 4.78 is 0. The number of benzene rings is 2. The van der Waals surface area contributed by atoms with Gasteiger partial charge in [-0.25, -0.2) is 0 Å². The van der Waals surface area contributed by atoms with Crippen molar-refractivity contribution in [2.75, 3.05) is 0 Å². The number of hydrogen-bond acceptors (Lipinski definition) is 4. The van der Waals surface area contributed by atoms with Gasteiger partial charge in [0.25, 0.3) is 11.6 Å². The molecule has 0 aliphatic rings. The number of rotatable bonds is 6. The molecule has 0 heterocycles. The fraction of sp³-hybridized carbons (Fsp3) is 0.176. The Morgan fingerprint density at radius 1 is 1.19 bits per heavy atom. The molecule has 2 aromatic rings. The van der Waals surface area contributed by atoms with Gasteiger partial charge >= 0.3 is 0 Å². The summed E-state index contributed by atoms with van der Waals surface area (Å²) in [7, 11) is 0. The van der Waals surface area contributed by atoms with Crippen molar-refractivity contribution in [2.24, 2.45) is 0 Å². The Labute approximate surface area is 159 Å². The number of hydrogen-bond donors (Lipinski definition) is 2. The van der Waals surface area contributed by atoms with E-state index in [0.717, 1.165) is 6.07 Å². The highest BCUT2D eigenvalue weighted by molar-refractivity contribution is 6.35. The summed E-state index contributed by atoms with van der Waals surface area (Å²) in [6.45, 7) is 1.68. The predicted molar refractivity (Wildman–Crippen MR) is 98.3 cm³/mol. The van der Waals surface area contributed by atoms with Crippen molar-refractivity contribution in [3.8, 4) is 0 Å². The maximum atomic E-state index is 12.2. The summed E-state index contributed by atoms with van der Waals surface area (Å²) in [5.74, 6) is -1.00. The molecule has 1 unspecified atom stereocenters. The number of nitrogens with one attached hydrogen (secondary N) is 2. The zero-order valence-corrected chi connectivity index (χ0v) is 15.2. The van der Waals surface area contributed by atoms with Crippen LogP contribution < -0.4 is 10.6 Å². The number of carbonyl (C=O) groups excluding carboxylic acids is 2. The monoisotopic (exact) mass is 395 g/mol. The molecule has 0 aliphatic carbocycles. The van der Waals surface area contributed by atoms with Gasteiger partial charge in [-0.15, -0.1) is 0 Å². The number of carbonyl (C=O) groups is 2. The number of nitro benzene ring substituents is 1. The molecule has 136 valence electrons. The lowest BCUT2D eigenvalue weighted by atomic mass is 10.1. The van der Waals surface area contributed by atoms with E-state index in [2.05, 4.69) is 10.6 Å². The molecule has 7 nitrogen and oxygen atoms in total. The molecule has 0 saturated carbocycles. The summed E-state index contributed by atoms with van der Waals surface area (Å²) in [6.07, 6.45) is 0. The van der Waals surface area contributed by atoms with E-state index in [9.17, 15) is 19.7 Å². The van der Waals surface area contributed by atoms with Crippen LogP contribution in [-0.4, -0.2) is 22.8 Å². The Kier molecular flexibility index (Phi) is 6.54. The van der Waals surface area contributed by atoms with Gasteiger partial charge in [-0.05, 0) is 30.7 Å². The highest BCUT2D eigenvalue weighted by Gasteiger charge is 2.18. The second kappa shape index (κ2) is 8.64. The third kappa shape index (κ3) is 5.18. The zero-order chi connectivity index (χ0) is 19.3. The predicted octanol–water partition coefficient (Wildman–Crippen LogP) is 3.34. The van der Waals surface area contributed by atoms with Gasteiger partial charge in [0.15, 0.2) is 0 Å². The lowest BCUT2D eigenvalue weighted by Gasteiger charge is -2.14. The summed E-state index contributed by atoms with van der Waals surface area (Å²) in [4.78, 5) is 34.5. The van der Waals surface area contributed by atoms with Crippen molar-refractivity contribution in [1.82, 2.24) is 10.6 Å². The quantitative estimate of drug-likeness (QED) is 0.578. The van der Waals surface area contributed by atoms with Crippen LogP contribution in [0.15, 0.2) is 42.5 Å². The Morgan fingerprint density at radius 3 is 2.58 bits per heavy atom. The minimum absolute atomic E-state index is 0.0968. The lowest BCUT2D eigenvalue weighted by Crippen LogP contribution is -2.44. The van der Waals surface area contributed by atoms with Crippen molar-refractivity contribution in [2.45, 2.75) is 19.5 Å².